The molecule has 3 heterocycles. The van der Waals surface area contributed by atoms with Crippen LogP contribution >= 0.6 is 0 Å². The number of rotatable bonds is 7. The van der Waals surface area contributed by atoms with Gasteiger partial charge in [0.15, 0.2) is 5.82 Å². The van der Waals surface area contributed by atoms with Crippen LogP contribution < -0.4 is 9.62 Å². The normalized spacial score (nSPS) is 18.5. The van der Waals surface area contributed by atoms with E-state index in [-0.39, 0.29) is 47.8 Å². The van der Waals surface area contributed by atoms with Crippen LogP contribution in [0.3, 0.4) is 0 Å². The van der Waals surface area contributed by atoms with Crippen LogP contribution in [0.1, 0.15) is 42.2 Å². The van der Waals surface area contributed by atoms with Gasteiger partial charge in [-0.25, -0.2) is 26.8 Å². The Morgan fingerprint density at radius 1 is 1.25 bits per heavy atom. The number of carbonyl (C=O) groups is 1. The highest BCUT2D eigenvalue weighted by atomic mass is 32.2. The zero-order valence-electron chi connectivity index (χ0n) is 19.8. The third-order valence-corrected chi connectivity index (χ3v) is 7.39. The van der Waals surface area contributed by atoms with E-state index in [4.69, 9.17) is 0 Å². The van der Waals surface area contributed by atoms with Crippen molar-refractivity contribution in [3.05, 3.63) is 65.2 Å². The van der Waals surface area contributed by atoms with Gasteiger partial charge in [0.1, 0.15) is 23.3 Å². The van der Waals surface area contributed by atoms with Crippen LogP contribution in [0.25, 0.3) is 5.52 Å². The van der Waals surface area contributed by atoms with Crippen molar-refractivity contribution in [1.82, 2.24) is 18.6 Å². The minimum atomic E-state index is -4.21. The van der Waals surface area contributed by atoms with Gasteiger partial charge in [0.05, 0.1) is 23.5 Å². The van der Waals surface area contributed by atoms with Crippen molar-refractivity contribution in [2.75, 3.05) is 25.0 Å². The monoisotopic (exact) mass is 527 g/mol. The second kappa shape index (κ2) is 9.69. The van der Waals surface area contributed by atoms with Crippen LogP contribution in [0.15, 0.2) is 36.7 Å². The highest BCUT2D eigenvalue weighted by Gasteiger charge is 2.37. The van der Waals surface area contributed by atoms with E-state index in [9.17, 15) is 26.4 Å². The van der Waals surface area contributed by atoms with Gasteiger partial charge in [-0.3, -0.25) is 4.79 Å². The molecule has 0 saturated carbocycles. The Kier molecular flexibility index (Phi) is 6.97. The van der Waals surface area contributed by atoms with E-state index in [0.29, 0.717) is 0 Å². The van der Waals surface area contributed by atoms with Gasteiger partial charge in [0, 0.05) is 38.3 Å². The Labute approximate surface area is 205 Å². The van der Waals surface area contributed by atoms with Crippen molar-refractivity contribution in [2.45, 2.75) is 32.5 Å². The molecule has 2 aromatic heterocycles. The van der Waals surface area contributed by atoms with Crippen LogP contribution in [0.5, 0.6) is 0 Å². The van der Waals surface area contributed by atoms with Crippen molar-refractivity contribution >= 4 is 27.3 Å². The third-order valence-electron chi connectivity index (χ3n) is 5.98. The van der Waals surface area contributed by atoms with E-state index in [1.54, 1.807) is 13.8 Å². The highest BCUT2D eigenvalue weighted by molar-refractivity contribution is 7.87. The second-order valence-corrected chi connectivity index (χ2v) is 10.9. The summed E-state index contributed by atoms with van der Waals surface area (Å²) in [6.45, 7) is 3.46. The number of benzene rings is 1. The van der Waals surface area contributed by atoms with Crippen LogP contribution in [-0.2, 0) is 10.2 Å². The molecule has 3 aromatic rings. The number of nitrogens with one attached hydrogen (secondary N) is 1. The van der Waals surface area contributed by atoms with E-state index >= 15 is 4.39 Å². The predicted molar refractivity (Wildman–Crippen MR) is 125 cm³/mol. The molecule has 0 unspecified atom stereocenters. The van der Waals surface area contributed by atoms with E-state index in [2.05, 4.69) is 5.10 Å². The molecule has 1 aromatic carbocycles. The number of nitrogens with zero attached hydrogens (tertiary/aromatic N) is 4. The maximum absolute atomic E-state index is 15.8. The van der Waals surface area contributed by atoms with Gasteiger partial charge in [-0.15, -0.1) is 0 Å². The van der Waals surface area contributed by atoms with E-state index in [1.807, 2.05) is 4.72 Å². The fourth-order valence-corrected chi connectivity index (χ4v) is 5.39. The first kappa shape index (κ1) is 25.9. The molecular weight excluding hydrogens is 502 g/mol. The van der Waals surface area contributed by atoms with E-state index in [0.717, 1.165) is 33.2 Å². The number of hydrogen-bond donors (Lipinski definition) is 1. The molecule has 194 valence electrons. The molecule has 0 spiro atoms. The van der Waals surface area contributed by atoms with Crippen molar-refractivity contribution in [2.24, 2.45) is 5.92 Å². The standard InChI is InChI=1S/C23H25F4N5O3S/c1-13(2)11-30(3)36(34,35)29-23(33)17-10-28-32-7-6-19(21(27)22(17)32)31-12-15(25)9-20(31)16-8-14(24)4-5-18(16)26/h4-8,10,13,15,20H,9,11-12H2,1-3H3,(H,29,33)/t15-,20+/m0/s1. The van der Waals surface area contributed by atoms with Crippen LogP contribution in [0, 0.1) is 23.4 Å². The molecule has 2 atom stereocenters. The largest absolute Gasteiger partial charge is 0.359 e. The average Bonchev–Trinajstić information content (AvgIpc) is 3.39. The van der Waals surface area contributed by atoms with Crippen molar-refractivity contribution in [3.8, 4) is 0 Å². The summed E-state index contributed by atoms with van der Waals surface area (Å²) in [5.74, 6) is -3.57. The zero-order chi connectivity index (χ0) is 26.4. The third kappa shape index (κ3) is 4.89. The van der Waals surface area contributed by atoms with E-state index < -0.39 is 45.8 Å². The number of carbonyl (C=O) groups excluding carboxylic acids is 1. The van der Waals surface area contributed by atoms with Crippen LogP contribution in [0.2, 0.25) is 0 Å². The molecular formula is C23H25F4N5O3S. The predicted octanol–water partition coefficient (Wildman–Crippen LogP) is 3.60. The summed E-state index contributed by atoms with van der Waals surface area (Å²) in [6, 6.07) is 3.08. The first-order valence-electron chi connectivity index (χ1n) is 11.2. The summed E-state index contributed by atoms with van der Waals surface area (Å²) in [4.78, 5) is 14.1. The molecule has 1 N–H and O–H groups in total. The van der Waals surface area contributed by atoms with Gasteiger partial charge >= 0.3 is 10.2 Å². The summed E-state index contributed by atoms with van der Waals surface area (Å²) in [5.41, 5.74) is -0.987. The Hall–Kier alpha value is -3.19. The smallest absolute Gasteiger partial charge is 0.303 e. The molecule has 36 heavy (non-hydrogen) atoms. The number of fused-ring (bicyclic) bond motifs is 1. The van der Waals surface area contributed by atoms with Gasteiger partial charge in [0.2, 0.25) is 0 Å². The molecule has 4 rings (SSSR count). The lowest BCUT2D eigenvalue weighted by Gasteiger charge is -2.27. The van der Waals surface area contributed by atoms with Gasteiger partial charge in [-0.2, -0.15) is 17.8 Å². The number of anilines is 1. The Morgan fingerprint density at radius 2 is 1.97 bits per heavy atom. The Balaban J connectivity index is 1.72. The second-order valence-electron chi connectivity index (χ2n) is 9.14. The molecule has 0 radical (unpaired) electrons. The van der Waals surface area contributed by atoms with Gasteiger partial charge in [-0.05, 0) is 30.2 Å². The zero-order valence-corrected chi connectivity index (χ0v) is 20.6. The topological polar surface area (TPSA) is 87.0 Å². The van der Waals surface area contributed by atoms with Gasteiger partial charge < -0.3 is 4.90 Å². The van der Waals surface area contributed by atoms with Crippen molar-refractivity contribution in [1.29, 1.82) is 0 Å². The fourth-order valence-electron chi connectivity index (χ4n) is 4.40. The molecule has 1 aliphatic heterocycles. The lowest BCUT2D eigenvalue weighted by Crippen LogP contribution is -2.42. The molecule has 0 bridgehead atoms. The van der Waals surface area contributed by atoms with Crippen LogP contribution in [0.4, 0.5) is 23.2 Å². The highest BCUT2D eigenvalue weighted by Crippen LogP contribution is 2.40. The summed E-state index contributed by atoms with van der Waals surface area (Å²) in [6.07, 6.45) is 0.691. The number of hydrogen-bond acceptors (Lipinski definition) is 5. The Morgan fingerprint density at radius 3 is 2.67 bits per heavy atom. The summed E-state index contributed by atoms with van der Waals surface area (Å²) < 4.78 is 87.5. The lowest BCUT2D eigenvalue weighted by atomic mass is 10.0. The average molecular weight is 528 g/mol. The molecule has 0 aliphatic carbocycles. The summed E-state index contributed by atoms with van der Waals surface area (Å²) >= 11 is 0. The van der Waals surface area contributed by atoms with Gasteiger partial charge in [-0.1, -0.05) is 13.8 Å². The summed E-state index contributed by atoms with van der Waals surface area (Å²) in [7, 11) is -2.91. The fraction of sp³-hybridized carbons (Fsp3) is 0.391. The van der Waals surface area contributed by atoms with E-state index in [1.165, 1.54) is 24.2 Å². The first-order valence-corrected chi connectivity index (χ1v) is 12.6. The Bertz CT molecular complexity index is 1410. The molecule has 1 aliphatic rings. The van der Waals surface area contributed by atoms with Gasteiger partial charge in [0.25, 0.3) is 5.91 Å². The number of pyridine rings is 1. The number of halogens is 4. The quantitative estimate of drug-likeness (QED) is 0.475. The van der Waals surface area contributed by atoms with Crippen molar-refractivity contribution < 1.29 is 30.8 Å². The van der Waals surface area contributed by atoms with Crippen LogP contribution in [-0.4, -0.2) is 54.6 Å². The summed E-state index contributed by atoms with van der Waals surface area (Å²) in [5, 5.41) is 3.91. The number of amides is 1. The minimum absolute atomic E-state index is 0.00526. The molecule has 1 fully saturated rings. The molecule has 1 saturated heterocycles. The lowest BCUT2D eigenvalue weighted by molar-refractivity contribution is 0.0980. The minimum Gasteiger partial charge on any atom is -0.359 e. The van der Waals surface area contributed by atoms with Crippen molar-refractivity contribution in [3.63, 3.8) is 0 Å². The molecule has 13 heteroatoms. The number of aromatic nitrogens is 2. The molecule has 8 nitrogen and oxygen atoms in total. The molecule has 1 amide bonds. The SMILES string of the molecule is CC(C)CN(C)S(=O)(=O)NC(=O)c1cnn2ccc(N3C[C@@H](F)C[C@@H]3c3cc(F)ccc3F)c(F)c12. The maximum atomic E-state index is 15.8. The maximum Gasteiger partial charge on any atom is 0.303 e. The first-order chi connectivity index (χ1) is 16.9. The number of alkyl halides is 1.